The number of nitrogens with zero attached hydrogens (tertiary/aromatic N) is 3. The van der Waals surface area contributed by atoms with Gasteiger partial charge in [0.2, 0.25) is 0 Å². The SMILES string of the molecule is Cc1nc2cccc3c2n1-c1ccc(-c2ccc(-n4c5ccccc5c5ccccc54)cc2)cc1P3(=O)c1ccccc1. The van der Waals surface area contributed by atoms with Crippen molar-refractivity contribution in [2.75, 3.05) is 0 Å². The molecule has 0 N–H and O–H groups in total. The third-order valence-electron chi connectivity index (χ3n) is 8.88. The van der Waals surface area contributed by atoms with E-state index in [0.717, 1.165) is 55.3 Å². The zero-order valence-electron chi connectivity index (χ0n) is 23.5. The van der Waals surface area contributed by atoms with Crippen LogP contribution in [0.2, 0.25) is 0 Å². The van der Waals surface area contributed by atoms with Crippen LogP contribution in [0.1, 0.15) is 5.82 Å². The molecule has 1 aliphatic heterocycles. The van der Waals surface area contributed by atoms with Gasteiger partial charge in [0.1, 0.15) is 5.82 Å². The lowest BCUT2D eigenvalue weighted by Gasteiger charge is -2.29. The van der Waals surface area contributed by atoms with E-state index in [1.165, 1.54) is 21.8 Å². The van der Waals surface area contributed by atoms with Gasteiger partial charge in [-0.15, -0.1) is 0 Å². The van der Waals surface area contributed by atoms with E-state index in [1.807, 2.05) is 55.5 Å². The minimum absolute atomic E-state index is 0.840. The summed E-state index contributed by atoms with van der Waals surface area (Å²) < 4.78 is 20.0. The first-order valence-electron chi connectivity index (χ1n) is 14.5. The number of hydrogen-bond acceptors (Lipinski definition) is 2. The highest BCUT2D eigenvalue weighted by Gasteiger charge is 2.39. The lowest BCUT2D eigenvalue weighted by Crippen LogP contribution is -2.33. The van der Waals surface area contributed by atoms with Gasteiger partial charge in [0.25, 0.3) is 0 Å². The molecule has 2 aromatic heterocycles. The Bertz CT molecular complexity index is 2380. The largest absolute Gasteiger partial charge is 0.309 e. The lowest BCUT2D eigenvalue weighted by atomic mass is 10.0. The van der Waals surface area contributed by atoms with Crippen LogP contribution >= 0.6 is 7.14 Å². The summed E-state index contributed by atoms with van der Waals surface area (Å²) in [5.41, 5.74) is 8.38. The van der Waals surface area contributed by atoms with Crippen molar-refractivity contribution in [3.63, 3.8) is 0 Å². The van der Waals surface area contributed by atoms with Crippen LogP contribution in [0.15, 0.2) is 140 Å². The molecule has 5 heteroatoms. The smallest absolute Gasteiger partial charge is 0.175 e. The molecule has 0 spiro atoms. The quantitative estimate of drug-likeness (QED) is 0.201. The van der Waals surface area contributed by atoms with Gasteiger partial charge in [-0.05, 0) is 66.6 Å². The van der Waals surface area contributed by atoms with Crippen molar-refractivity contribution in [2.45, 2.75) is 6.92 Å². The summed E-state index contributed by atoms with van der Waals surface area (Å²) in [6.07, 6.45) is 0. The fourth-order valence-electron chi connectivity index (χ4n) is 6.97. The highest BCUT2D eigenvalue weighted by Crippen LogP contribution is 2.50. The molecule has 6 aromatic carbocycles. The standard InChI is InChI=1S/C38H26N3OP/c1-25-39-32-14-9-17-36-38(32)40(25)35-23-20-27(24-37(35)43(36,42)29-10-3-2-4-11-29)26-18-21-28(22-19-26)41-33-15-7-5-12-30(33)31-13-6-8-16-34(31)41/h2-24H,1H3. The Kier molecular flexibility index (Phi) is 5.06. The van der Waals surface area contributed by atoms with Crippen LogP contribution in [0, 0.1) is 6.92 Å². The zero-order valence-corrected chi connectivity index (χ0v) is 24.4. The number of fused-ring (bicyclic) bond motifs is 5. The molecule has 0 aliphatic carbocycles. The van der Waals surface area contributed by atoms with Crippen molar-refractivity contribution >= 4 is 55.9 Å². The first kappa shape index (κ1) is 24.4. The molecule has 3 heterocycles. The van der Waals surface area contributed by atoms with Crippen LogP contribution in [-0.2, 0) is 4.57 Å². The van der Waals surface area contributed by atoms with Crippen molar-refractivity contribution in [3.8, 4) is 22.5 Å². The third-order valence-corrected chi connectivity index (χ3v) is 12.0. The number of para-hydroxylation sites is 3. The van der Waals surface area contributed by atoms with Gasteiger partial charge in [-0.25, -0.2) is 4.98 Å². The van der Waals surface area contributed by atoms with Crippen LogP contribution in [0.5, 0.6) is 0 Å². The Morgan fingerprint density at radius 3 is 1.95 bits per heavy atom. The molecule has 1 atom stereocenters. The fraction of sp³-hybridized carbons (Fsp3) is 0.0263. The molecule has 204 valence electrons. The first-order valence-corrected chi connectivity index (χ1v) is 16.2. The molecule has 4 nitrogen and oxygen atoms in total. The molecule has 0 saturated carbocycles. The molecule has 8 aromatic rings. The van der Waals surface area contributed by atoms with Crippen LogP contribution in [0.4, 0.5) is 0 Å². The molecule has 0 fully saturated rings. The summed E-state index contributed by atoms with van der Waals surface area (Å²) in [6.45, 7) is 2.02. The van der Waals surface area contributed by atoms with Crippen molar-refractivity contribution in [3.05, 3.63) is 145 Å². The highest BCUT2D eigenvalue weighted by molar-refractivity contribution is 7.86. The topological polar surface area (TPSA) is 39.8 Å². The predicted molar refractivity (Wildman–Crippen MR) is 179 cm³/mol. The number of aromatic nitrogens is 3. The Balaban J connectivity index is 1.23. The van der Waals surface area contributed by atoms with Crippen molar-refractivity contribution < 1.29 is 4.57 Å². The molecular weight excluding hydrogens is 545 g/mol. The van der Waals surface area contributed by atoms with Gasteiger partial charge in [0, 0.05) is 32.4 Å². The number of rotatable bonds is 3. The minimum atomic E-state index is -3.17. The Labute approximate surface area is 248 Å². The normalized spacial score (nSPS) is 15.7. The van der Waals surface area contributed by atoms with Gasteiger partial charge in [-0.1, -0.05) is 91.0 Å². The van der Waals surface area contributed by atoms with E-state index >= 15 is 4.57 Å². The van der Waals surface area contributed by atoms with Crippen LogP contribution in [0.3, 0.4) is 0 Å². The lowest BCUT2D eigenvalue weighted by molar-refractivity contribution is 0.592. The van der Waals surface area contributed by atoms with Crippen LogP contribution in [-0.4, -0.2) is 14.1 Å². The Hall–Kier alpha value is -5.18. The van der Waals surface area contributed by atoms with Crippen molar-refractivity contribution in [2.24, 2.45) is 0 Å². The Morgan fingerprint density at radius 1 is 0.581 bits per heavy atom. The van der Waals surface area contributed by atoms with Crippen LogP contribution in [0.25, 0.3) is 55.3 Å². The Morgan fingerprint density at radius 2 is 1.23 bits per heavy atom. The first-order chi connectivity index (χ1) is 21.1. The summed E-state index contributed by atoms with van der Waals surface area (Å²) in [5.74, 6) is 0.895. The average molecular weight is 572 g/mol. The van der Waals surface area contributed by atoms with Crippen molar-refractivity contribution in [1.29, 1.82) is 0 Å². The van der Waals surface area contributed by atoms with Gasteiger partial charge in [-0.2, -0.15) is 0 Å². The minimum Gasteiger partial charge on any atom is -0.309 e. The van der Waals surface area contributed by atoms with E-state index < -0.39 is 7.14 Å². The second kappa shape index (κ2) is 8.91. The zero-order chi connectivity index (χ0) is 28.7. The highest BCUT2D eigenvalue weighted by atomic mass is 31.2. The summed E-state index contributed by atoms with van der Waals surface area (Å²) in [6, 6.07) is 48.2. The molecule has 43 heavy (non-hydrogen) atoms. The molecule has 0 amide bonds. The van der Waals surface area contributed by atoms with Gasteiger partial charge >= 0.3 is 0 Å². The summed E-state index contributed by atoms with van der Waals surface area (Å²) in [4.78, 5) is 4.84. The fourth-order valence-corrected chi connectivity index (χ4v) is 10.0. The van der Waals surface area contributed by atoms with E-state index in [0.29, 0.717) is 0 Å². The summed E-state index contributed by atoms with van der Waals surface area (Å²) in [7, 11) is -3.17. The van der Waals surface area contributed by atoms with Gasteiger partial charge < -0.3 is 9.13 Å². The van der Waals surface area contributed by atoms with E-state index in [1.54, 1.807) is 0 Å². The number of aryl methyl sites for hydroxylation is 1. The van der Waals surface area contributed by atoms with Crippen LogP contribution < -0.4 is 15.9 Å². The summed E-state index contributed by atoms with van der Waals surface area (Å²) in [5, 5.41) is 5.04. The van der Waals surface area contributed by atoms with Crippen molar-refractivity contribution in [1.82, 2.24) is 14.1 Å². The second-order valence-electron chi connectivity index (χ2n) is 11.2. The number of hydrogen-bond donors (Lipinski definition) is 0. The van der Waals surface area contributed by atoms with E-state index in [2.05, 4.69) is 100 Å². The van der Waals surface area contributed by atoms with E-state index in [4.69, 9.17) is 4.98 Å². The van der Waals surface area contributed by atoms with Gasteiger partial charge in [0.15, 0.2) is 7.14 Å². The number of benzene rings is 6. The molecular formula is C38H26N3OP. The predicted octanol–water partition coefficient (Wildman–Crippen LogP) is 8.05. The maximum atomic E-state index is 15.5. The summed E-state index contributed by atoms with van der Waals surface area (Å²) >= 11 is 0. The molecule has 1 aliphatic rings. The molecule has 1 unspecified atom stereocenters. The second-order valence-corrected chi connectivity index (χ2v) is 13.9. The maximum Gasteiger partial charge on any atom is 0.175 e. The van der Waals surface area contributed by atoms with E-state index in [9.17, 15) is 0 Å². The average Bonchev–Trinajstić information content (AvgIpc) is 3.58. The number of imidazole rings is 1. The maximum absolute atomic E-state index is 15.5. The van der Waals surface area contributed by atoms with Gasteiger partial charge in [0.05, 0.1) is 27.8 Å². The molecule has 0 saturated heterocycles. The monoisotopic (exact) mass is 571 g/mol. The van der Waals surface area contributed by atoms with E-state index in [-0.39, 0.29) is 0 Å². The third kappa shape index (κ3) is 3.33. The molecule has 0 bridgehead atoms. The molecule has 9 rings (SSSR count). The molecule has 0 radical (unpaired) electrons. The van der Waals surface area contributed by atoms with Gasteiger partial charge in [-0.3, -0.25) is 4.57 Å².